The Hall–Kier alpha value is -3.21. The number of hydrogen-bond acceptors (Lipinski definition) is 4. The van der Waals surface area contributed by atoms with Gasteiger partial charge in [0.1, 0.15) is 0 Å². The van der Waals surface area contributed by atoms with Crippen molar-refractivity contribution in [2.75, 3.05) is 5.32 Å². The molecule has 0 aliphatic carbocycles. The molecule has 0 aliphatic rings. The molecule has 0 bridgehead atoms. The lowest BCUT2D eigenvalue weighted by molar-refractivity contribution is 0.0697. The van der Waals surface area contributed by atoms with E-state index in [1.165, 1.54) is 0 Å². The first-order valence-corrected chi connectivity index (χ1v) is 7.12. The van der Waals surface area contributed by atoms with Gasteiger partial charge in [0.2, 0.25) is 0 Å². The van der Waals surface area contributed by atoms with Gasteiger partial charge in [-0.1, -0.05) is 18.2 Å². The van der Waals surface area contributed by atoms with E-state index < -0.39 is 5.97 Å². The molecule has 0 unspecified atom stereocenters. The number of benzene rings is 2. The zero-order valence-corrected chi connectivity index (χ0v) is 12.5. The highest BCUT2D eigenvalue weighted by molar-refractivity contribution is 5.89. The lowest BCUT2D eigenvalue weighted by atomic mass is 9.98. The van der Waals surface area contributed by atoms with Gasteiger partial charge in [-0.15, -0.1) is 5.10 Å². The first-order chi connectivity index (χ1) is 11.1. The number of hydrogen-bond donors (Lipinski definition) is 2. The van der Waals surface area contributed by atoms with Crippen LogP contribution in [0.25, 0.3) is 11.1 Å². The molecular formula is C18H15N3O2. The summed E-state index contributed by atoms with van der Waals surface area (Å²) >= 11 is 0. The number of rotatable bonds is 4. The summed E-state index contributed by atoms with van der Waals surface area (Å²) in [6.45, 7) is 1.91. The monoisotopic (exact) mass is 305 g/mol. The molecule has 0 amide bonds. The van der Waals surface area contributed by atoms with Crippen molar-refractivity contribution < 1.29 is 9.90 Å². The highest BCUT2D eigenvalue weighted by Crippen LogP contribution is 2.26. The minimum Gasteiger partial charge on any atom is -0.478 e. The van der Waals surface area contributed by atoms with Gasteiger partial charge in [-0.25, -0.2) is 4.79 Å². The Morgan fingerprint density at radius 2 is 1.87 bits per heavy atom. The molecule has 2 aromatic carbocycles. The number of anilines is 2. The van der Waals surface area contributed by atoms with E-state index in [1.807, 2.05) is 49.4 Å². The number of aryl methyl sites for hydroxylation is 1. The van der Waals surface area contributed by atoms with Gasteiger partial charge in [0.15, 0.2) is 5.82 Å². The van der Waals surface area contributed by atoms with Crippen molar-refractivity contribution >= 4 is 17.5 Å². The van der Waals surface area contributed by atoms with Crippen molar-refractivity contribution in [2.24, 2.45) is 0 Å². The summed E-state index contributed by atoms with van der Waals surface area (Å²) in [5.74, 6) is -0.231. The molecule has 114 valence electrons. The van der Waals surface area contributed by atoms with Crippen LogP contribution in [0.15, 0.2) is 60.8 Å². The number of aromatic carboxylic acids is 1. The molecule has 5 heteroatoms. The van der Waals surface area contributed by atoms with Gasteiger partial charge in [0.25, 0.3) is 0 Å². The van der Waals surface area contributed by atoms with E-state index in [2.05, 4.69) is 15.5 Å². The standard InChI is InChI=1S/C18H15N3O2/c1-12-11-14(18(22)23)6-9-16(12)13-4-7-15(8-5-13)20-17-3-2-10-19-21-17/h2-11H,1H3,(H,20,21)(H,22,23). The average molecular weight is 305 g/mol. The van der Waals surface area contributed by atoms with Crippen LogP contribution in [0, 0.1) is 6.92 Å². The lowest BCUT2D eigenvalue weighted by Crippen LogP contribution is -1.97. The van der Waals surface area contributed by atoms with Crippen LogP contribution in [-0.4, -0.2) is 21.3 Å². The molecule has 0 atom stereocenters. The maximum Gasteiger partial charge on any atom is 0.335 e. The zero-order chi connectivity index (χ0) is 16.2. The fraction of sp³-hybridized carbons (Fsp3) is 0.0556. The van der Waals surface area contributed by atoms with E-state index in [1.54, 1.807) is 18.3 Å². The second kappa shape index (κ2) is 6.27. The van der Waals surface area contributed by atoms with Crippen LogP contribution < -0.4 is 5.32 Å². The van der Waals surface area contributed by atoms with Crippen molar-refractivity contribution in [3.8, 4) is 11.1 Å². The minimum absolute atomic E-state index is 0.298. The predicted molar refractivity (Wildman–Crippen MR) is 88.9 cm³/mol. The van der Waals surface area contributed by atoms with E-state index in [9.17, 15) is 4.79 Å². The van der Waals surface area contributed by atoms with Gasteiger partial charge in [0.05, 0.1) is 5.56 Å². The molecule has 2 N–H and O–H groups in total. The Morgan fingerprint density at radius 1 is 1.09 bits per heavy atom. The van der Waals surface area contributed by atoms with Crippen molar-refractivity contribution in [1.82, 2.24) is 10.2 Å². The van der Waals surface area contributed by atoms with Gasteiger partial charge >= 0.3 is 5.97 Å². The third kappa shape index (κ3) is 3.35. The molecular weight excluding hydrogens is 290 g/mol. The normalized spacial score (nSPS) is 10.3. The molecule has 1 aromatic heterocycles. The summed E-state index contributed by atoms with van der Waals surface area (Å²) in [5, 5.41) is 20.0. The maximum atomic E-state index is 11.0. The first kappa shape index (κ1) is 14.7. The topological polar surface area (TPSA) is 75.1 Å². The third-order valence-electron chi connectivity index (χ3n) is 3.51. The number of nitrogens with one attached hydrogen (secondary N) is 1. The Bertz CT molecular complexity index is 831. The fourth-order valence-electron chi connectivity index (χ4n) is 2.37. The molecule has 0 fully saturated rings. The highest BCUT2D eigenvalue weighted by Gasteiger charge is 2.07. The summed E-state index contributed by atoms with van der Waals surface area (Å²) in [4.78, 5) is 11.0. The van der Waals surface area contributed by atoms with Crippen molar-refractivity contribution in [3.63, 3.8) is 0 Å². The summed E-state index contributed by atoms with van der Waals surface area (Å²) in [6.07, 6.45) is 1.62. The van der Waals surface area contributed by atoms with Gasteiger partial charge in [-0.05, 0) is 60.0 Å². The van der Waals surface area contributed by atoms with E-state index in [4.69, 9.17) is 5.11 Å². The second-order valence-electron chi connectivity index (χ2n) is 5.15. The van der Waals surface area contributed by atoms with Crippen LogP contribution in [0.1, 0.15) is 15.9 Å². The van der Waals surface area contributed by atoms with Gasteiger partial charge in [0, 0.05) is 11.9 Å². The Kier molecular flexibility index (Phi) is 4.01. The number of carboxylic acid groups (broad SMARTS) is 1. The van der Waals surface area contributed by atoms with Crippen LogP contribution in [-0.2, 0) is 0 Å². The molecule has 1 heterocycles. The number of aromatic nitrogens is 2. The number of carbonyl (C=O) groups is 1. The largest absolute Gasteiger partial charge is 0.478 e. The molecule has 3 aromatic rings. The van der Waals surface area contributed by atoms with Crippen LogP contribution >= 0.6 is 0 Å². The van der Waals surface area contributed by atoms with Crippen LogP contribution in [0.5, 0.6) is 0 Å². The first-order valence-electron chi connectivity index (χ1n) is 7.12. The SMILES string of the molecule is Cc1cc(C(=O)O)ccc1-c1ccc(Nc2cccnn2)cc1. The predicted octanol–water partition coefficient (Wildman–Crippen LogP) is 3.89. The summed E-state index contributed by atoms with van der Waals surface area (Å²) in [6, 6.07) is 16.7. The minimum atomic E-state index is -0.914. The molecule has 5 nitrogen and oxygen atoms in total. The fourth-order valence-corrected chi connectivity index (χ4v) is 2.37. The van der Waals surface area contributed by atoms with E-state index >= 15 is 0 Å². The van der Waals surface area contributed by atoms with Crippen LogP contribution in [0.3, 0.4) is 0 Å². The number of carboxylic acids is 1. The zero-order valence-electron chi connectivity index (χ0n) is 12.5. The van der Waals surface area contributed by atoms with Crippen molar-refractivity contribution in [2.45, 2.75) is 6.92 Å². The lowest BCUT2D eigenvalue weighted by Gasteiger charge is -2.09. The van der Waals surface area contributed by atoms with Gasteiger partial charge in [-0.2, -0.15) is 5.10 Å². The third-order valence-corrected chi connectivity index (χ3v) is 3.51. The Morgan fingerprint density at radius 3 is 2.48 bits per heavy atom. The molecule has 0 radical (unpaired) electrons. The van der Waals surface area contributed by atoms with Crippen LogP contribution in [0.4, 0.5) is 11.5 Å². The Labute approximate surface area is 133 Å². The van der Waals surface area contributed by atoms with Crippen molar-refractivity contribution in [3.05, 3.63) is 71.9 Å². The van der Waals surface area contributed by atoms with Gasteiger partial charge < -0.3 is 10.4 Å². The van der Waals surface area contributed by atoms with Crippen LogP contribution in [0.2, 0.25) is 0 Å². The molecule has 0 saturated heterocycles. The molecule has 23 heavy (non-hydrogen) atoms. The Balaban J connectivity index is 1.83. The highest BCUT2D eigenvalue weighted by atomic mass is 16.4. The average Bonchev–Trinajstić information content (AvgIpc) is 2.56. The van der Waals surface area contributed by atoms with Crippen molar-refractivity contribution in [1.29, 1.82) is 0 Å². The van der Waals surface area contributed by atoms with Gasteiger partial charge in [-0.3, -0.25) is 0 Å². The molecule has 0 aliphatic heterocycles. The van der Waals surface area contributed by atoms with E-state index in [0.717, 1.165) is 22.4 Å². The molecule has 0 saturated carbocycles. The maximum absolute atomic E-state index is 11.0. The smallest absolute Gasteiger partial charge is 0.335 e. The quantitative estimate of drug-likeness (QED) is 0.764. The summed E-state index contributed by atoms with van der Waals surface area (Å²) in [5.41, 5.74) is 4.19. The van der Waals surface area contributed by atoms with E-state index in [-0.39, 0.29) is 0 Å². The molecule has 0 spiro atoms. The number of nitrogens with zero attached hydrogens (tertiary/aromatic N) is 2. The van der Waals surface area contributed by atoms with E-state index in [0.29, 0.717) is 11.4 Å². The summed E-state index contributed by atoms with van der Waals surface area (Å²) in [7, 11) is 0. The molecule has 3 rings (SSSR count). The second-order valence-corrected chi connectivity index (χ2v) is 5.15. The summed E-state index contributed by atoms with van der Waals surface area (Å²) < 4.78 is 0.